The van der Waals surface area contributed by atoms with Crippen molar-refractivity contribution in [2.45, 2.75) is 43.9 Å². The molecule has 1 saturated carbocycles. The lowest BCUT2D eigenvalue weighted by Gasteiger charge is -2.30. The Labute approximate surface area is 157 Å². The van der Waals surface area contributed by atoms with E-state index in [2.05, 4.69) is 22.9 Å². The average Bonchev–Trinajstić information content (AvgIpc) is 3.34. The van der Waals surface area contributed by atoms with Crippen molar-refractivity contribution in [3.63, 3.8) is 0 Å². The Kier molecular flexibility index (Phi) is 4.45. The number of carbonyl (C=O) groups excluding carboxylic acids is 1. The van der Waals surface area contributed by atoms with Crippen molar-refractivity contribution in [3.8, 4) is 0 Å². The lowest BCUT2D eigenvalue weighted by molar-refractivity contribution is -0.119. The van der Waals surface area contributed by atoms with Crippen LogP contribution in [-0.2, 0) is 21.2 Å². The monoisotopic (exact) mass is 426 g/mol. The summed E-state index contributed by atoms with van der Waals surface area (Å²) in [5.41, 5.74) is 1.83. The van der Waals surface area contributed by atoms with Gasteiger partial charge in [0.2, 0.25) is 15.9 Å². The third-order valence-corrected chi connectivity index (χ3v) is 8.28. The van der Waals surface area contributed by atoms with Gasteiger partial charge in [0.1, 0.15) is 0 Å². The highest BCUT2D eigenvalue weighted by molar-refractivity contribution is 9.10. The molecule has 1 atom stereocenters. The first kappa shape index (κ1) is 17.5. The van der Waals surface area contributed by atoms with Gasteiger partial charge in [-0.1, -0.05) is 6.92 Å². The molecule has 2 heterocycles. The van der Waals surface area contributed by atoms with Crippen LogP contribution in [0.5, 0.6) is 0 Å². The van der Waals surface area contributed by atoms with E-state index in [9.17, 15) is 13.2 Å². The van der Waals surface area contributed by atoms with Crippen LogP contribution in [-0.4, -0.2) is 38.3 Å². The summed E-state index contributed by atoms with van der Waals surface area (Å²) in [4.78, 5) is 14.6. The number of carbonyl (C=O) groups is 1. The first-order valence-electron chi connectivity index (χ1n) is 9.02. The Balaban J connectivity index is 1.70. The van der Waals surface area contributed by atoms with Gasteiger partial charge < -0.3 is 4.90 Å². The van der Waals surface area contributed by atoms with Crippen molar-refractivity contribution in [2.24, 2.45) is 11.8 Å². The number of amides is 1. The number of sulfonamides is 1. The maximum atomic E-state index is 13.2. The number of hydrogen-bond acceptors (Lipinski definition) is 3. The van der Waals surface area contributed by atoms with Crippen LogP contribution in [0, 0.1) is 11.8 Å². The number of benzene rings is 1. The van der Waals surface area contributed by atoms with Crippen molar-refractivity contribution in [1.29, 1.82) is 0 Å². The second-order valence-corrected chi connectivity index (χ2v) is 10.3. The number of anilines is 1. The molecule has 0 spiro atoms. The molecule has 0 bridgehead atoms. The SMILES string of the molecule is CC1CCCN(S(=O)(=O)c2cc3c(cc2Br)CCN3C(=O)C2CC2)C1. The van der Waals surface area contributed by atoms with Gasteiger partial charge in [0, 0.05) is 35.7 Å². The van der Waals surface area contributed by atoms with Crippen molar-refractivity contribution < 1.29 is 13.2 Å². The summed E-state index contributed by atoms with van der Waals surface area (Å²) in [5, 5.41) is 0. The Morgan fingerprint density at radius 1 is 1.20 bits per heavy atom. The van der Waals surface area contributed by atoms with Crippen LogP contribution in [0.2, 0.25) is 0 Å². The predicted octanol–water partition coefficient (Wildman–Crippen LogP) is 3.17. The highest BCUT2D eigenvalue weighted by Crippen LogP contribution is 2.40. The van der Waals surface area contributed by atoms with Crippen LogP contribution in [0.1, 0.15) is 38.2 Å². The molecule has 1 amide bonds. The van der Waals surface area contributed by atoms with Crippen LogP contribution >= 0.6 is 15.9 Å². The maximum absolute atomic E-state index is 13.2. The van der Waals surface area contributed by atoms with Gasteiger partial charge in [-0.05, 0) is 71.6 Å². The zero-order valence-corrected chi connectivity index (χ0v) is 16.8. The first-order valence-corrected chi connectivity index (χ1v) is 11.2. The molecule has 2 fully saturated rings. The van der Waals surface area contributed by atoms with E-state index in [-0.39, 0.29) is 16.7 Å². The fraction of sp³-hybridized carbons (Fsp3) is 0.611. The van der Waals surface area contributed by atoms with Crippen LogP contribution in [0.3, 0.4) is 0 Å². The van der Waals surface area contributed by atoms with E-state index in [0.29, 0.717) is 30.0 Å². The lowest BCUT2D eigenvalue weighted by Crippen LogP contribution is -2.39. The molecule has 0 aromatic heterocycles. The van der Waals surface area contributed by atoms with Crippen LogP contribution in [0.25, 0.3) is 0 Å². The number of halogens is 1. The summed E-state index contributed by atoms with van der Waals surface area (Å²) in [6.45, 7) is 3.88. The summed E-state index contributed by atoms with van der Waals surface area (Å²) in [5.74, 6) is 0.665. The molecule has 136 valence electrons. The molecule has 1 aromatic rings. The fourth-order valence-corrected chi connectivity index (χ4v) is 6.54. The average molecular weight is 427 g/mol. The third kappa shape index (κ3) is 3.15. The van der Waals surface area contributed by atoms with Gasteiger partial charge in [0.25, 0.3) is 0 Å². The smallest absolute Gasteiger partial charge is 0.244 e. The van der Waals surface area contributed by atoms with Gasteiger partial charge in [0.05, 0.1) is 4.90 Å². The van der Waals surface area contributed by atoms with E-state index in [0.717, 1.165) is 43.4 Å². The number of nitrogens with zero attached hydrogens (tertiary/aromatic N) is 2. The van der Waals surface area contributed by atoms with E-state index in [4.69, 9.17) is 0 Å². The molecule has 3 aliphatic rings. The van der Waals surface area contributed by atoms with Crippen LogP contribution in [0.4, 0.5) is 5.69 Å². The molecular weight excluding hydrogens is 404 g/mol. The molecule has 7 heteroatoms. The standard InChI is InChI=1S/C18H23BrN2O3S/c1-12-3-2-7-20(11-12)25(23,24)17-10-16-14(9-15(17)19)6-8-21(16)18(22)13-4-5-13/h9-10,12-13H,2-8,11H2,1H3. The van der Waals surface area contributed by atoms with E-state index in [1.807, 2.05) is 6.07 Å². The molecule has 1 aromatic carbocycles. The van der Waals surface area contributed by atoms with Crippen LogP contribution in [0.15, 0.2) is 21.5 Å². The Bertz CT molecular complexity index is 820. The van der Waals surface area contributed by atoms with E-state index in [1.165, 1.54) is 0 Å². The Hall–Kier alpha value is -0.920. The maximum Gasteiger partial charge on any atom is 0.244 e. The molecule has 4 rings (SSSR count). The number of rotatable bonds is 3. The highest BCUT2D eigenvalue weighted by atomic mass is 79.9. The van der Waals surface area contributed by atoms with Gasteiger partial charge in [-0.3, -0.25) is 4.79 Å². The highest BCUT2D eigenvalue weighted by Gasteiger charge is 2.38. The van der Waals surface area contributed by atoms with Crippen molar-refractivity contribution >= 4 is 37.5 Å². The van der Waals surface area contributed by atoms with Gasteiger partial charge in [0.15, 0.2) is 0 Å². The Morgan fingerprint density at radius 3 is 2.64 bits per heavy atom. The molecule has 0 N–H and O–H groups in total. The first-order chi connectivity index (χ1) is 11.9. The normalized spacial score (nSPS) is 24.4. The Morgan fingerprint density at radius 2 is 1.96 bits per heavy atom. The zero-order valence-electron chi connectivity index (χ0n) is 14.4. The van der Waals surface area contributed by atoms with Crippen molar-refractivity contribution in [2.75, 3.05) is 24.5 Å². The quantitative estimate of drug-likeness (QED) is 0.745. The number of piperidine rings is 1. The number of fused-ring (bicyclic) bond motifs is 1. The third-order valence-electron chi connectivity index (χ3n) is 5.46. The molecule has 0 radical (unpaired) electrons. The van der Waals surface area contributed by atoms with Gasteiger partial charge >= 0.3 is 0 Å². The van der Waals surface area contributed by atoms with E-state index in [1.54, 1.807) is 15.3 Å². The zero-order chi connectivity index (χ0) is 17.8. The topological polar surface area (TPSA) is 57.7 Å². The minimum atomic E-state index is -3.55. The largest absolute Gasteiger partial charge is 0.312 e. The summed E-state index contributed by atoms with van der Waals surface area (Å²) in [6.07, 6.45) is 4.67. The van der Waals surface area contributed by atoms with E-state index < -0.39 is 10.0 Å². The molecule has 2 aliphatic heterocycles. The second kappa shape index (κ2) is 6.35. The minimum absolute atomic E-state index is 0.137. The minimum Gasteiger partial charge on any atom is -0.312 e. The molecule has 1 unspecified atom stereocenters. The van der Waals surface area contributed by atoms with Crippen molar-refractivity contribution in [1.82, 2.24) is 4.31 Å². The number of hydrogen-bond donors (Lipinski definition) is 0. The molecule has 25 heavy (non-hydrogen) atoms. The van der Waals surface area contributed by atoms with Gasteiger partial charge in [-0.25, -0.2) is 8.42 Å². The lowest BCUT2D eigenvalue weighted by atomic mass is 10.0. The molecule has 5 nitrogen and oxygen atoms in total. The van der Waals surface area contributed by atoms with Gasteiger partial charge in [-0.15, -0.1) is 0 Å². The second-order valence-electron chi connectivity index (χ2n) is 7.54. The summed E-state index contributed by atoms with van der Waals surface area (Å²) >= 11 is 3.46. The molecular formula is C18H23BrN2O3S. The summed E-state index contributed by atoms with van der Waals surface area (Å²) in [6, 6.07) is 3.59. The van der Waals surface area contributed by atoms with Gasteiger partial charge in [-0.2, -0.15) is 4.31 Å². The summed E-state index contributed by atoms with van der Waals surface area (Å²) < 4.78 is 28.5. The van der Waals surface area contributed by atoms with Crippen LogP contribution < -0.4 is 4.90 Å². The fourth-order valence-electron chi connectivity index (χ4n) is 3.87. The molecule has 1 aliphatic carbocycles. The summed E-state index contributed by atoms with van der Waals surface area (Å²) in [7, 11) is -3.55. The van der Waals surface area contributed by atoms with Crippen molar-refractivity contribution in [3.05, 3.63) is 22.2 Å². The predicted molar refractivity (Wildman–Crippen MR) is 100 cm³/mol. The van der Waals surface area contributed by atoms with E-state index >= 15 is 0 Å². The molecule has 1 saturated heterocycles.